The molecule has 1 aromatic carbocycles. The first-order valence-electron chi connectivity index (χ1n) is 9.80. The molecular weight excluding hydrogens is 373 g/mol. The predicted octanol–water partition coefficient (Wildman–Crippen LogP) is 4.18. The quantitative estimate of drug-likeness (QED) is 0.530. The Bertz CT molecular complexity index is 611. The average molecular weight is 403 g/mol. The lowest BCUT2D eigenvalue weighted by atomic mass is 9.82. The maximum absolute atomic E-state index is 14.0. The molecule has 1 saturated heterocycles. The number of thioether (sulfide) groups is 1. The van der Waals surface area contributed by atoms with Crippen molar-refractivity contribution in [2.24, 2.45) is 0 Å². The van der Waals surface area contributed by atoms with Crippen LogP contribution in [0.15, 0.2) is 12.1 Å². The lowest BCUT2D eigenvalue weighted by Crippen LogP contribution is -2.54. The van der Waals surface area contributed by atoms with E-state index in [4.69, 9.17) is 4.74 Å². The number of hydrogen-bond acceptors (Lipinski definition) is 4. The van der Waals surface area contributed by atoms with Gasteiger partial charge in [-0.15, -0.1) is 11.8 Å². The summed E-state index contributed by atoms with van der Waals surface area (Å²) in [5.74, 6) is -1.93. The van der Waals surface area contributed by atoms with Gasteiger partial charge in [0.1, 0.15) is 5.82 Å². The minimum atomic E-state index is -1.10. The maximum atomic E-state index is 14.0. The zero-order valence-electron chi connectivity index (χ0n) is 15.8. The summed E-state index contributed by atoms with van der Waals surface area (Å²) in [6.07, 6.45) is 7.50. The Morgan fingerprint density at radius 2 is 1.93 bits per heavy atom. The minimum absolute atomic E-state index is 0.132. The fourth-order valence-electron chi connectivity index (χ4n) is 4.22. The first-order chi connectivity index (χ1) is 13.1. The van der Waals surface area contributed by atoms with E-state index in [0.29, 0.717) is 37.6 Å². The van der Waals surface area contributed by atoms with Gasteiger partial charge in [0, 0.05) is 24.0 Å². The average Bonchev–Trinajstić information content (AvgIpc) is 2.68. The zero-order valence-corrected chi connectivity index (χ0v) is 16.6. The number of benzene rings is 1. The number of rotatable bonds is 7. The molecule has 0 spiro atoms. The van der Waals surface area contributed by atoms with E-state index in [1.807, 2.05) is 0 Å². The second kappa shape index (κ2) is 10.1. The van der Waals surface area contributed by atoms with Gasteiger partial charge in [0.25, 0.3) is 0 Å². The van der Waals surface area contributed by atoms with Crippen LogP contribution in [0, 0.1) is 17.5 Å². The molecule has 2 fully saturated rings. The van der Waals surface area contributed by atoms with Crippen molar-refractivity contribution in [2.45, 2.75) is 62.6 Å². The number of nitrogens with one attached hydrogen (secondary N) is 2. The van der Waals surface area contributed by atoms with Crippen LogP contribution in [-0.4, -0.2) is 43.5 Å². The normalized spacial score (nSPS) is 29.0. The Hall–Kier alpha value is -0.760. The summed E-state index contributed by atoms with van der Waals surface area (Å²) < 4.78 is 47.1. The summed E-state index contributed by atoms with van der Waals surface area (Å²) in [6.45, 7) is 1.67. The molecule has 1 aliphatic carbocycles. The molecule has 3 nitrogen and oxygen atoms in total. The minimum Gasteiger partial charge on any atom is -0.377 e. The Morgan fingerprint density at radius 3 is 2.67 bits per heavy atom. The van der Waals surface area contributed by atoms with Gasteiger partial charge in [-0.25, -0.2) is 13.2 Å². The topological polar surface area (TPSA) is 33.3 Å². The molecule has 1 heterocycles. The molecule has 27 heavy (non-hydrogen) atoms. The molecule has 0 unspecified atom stereocenters. The first-order valence-corrected chi connectivity index (χ1v) is 11.2. The molecule has 0 bridgehead atoms. The van der Waals surface area contributed by atoms with Crippen molar-refractivity contribution in [2.75, 3.05) is 25.3 Å². The summed E-state index contributed by atoms with van der Waals surface area (Å²) in [6, 6.07) is 2.47. The molecule has 152 valence electrons. The second-order valence-corrected chi connectivity index (χ2v) is 8.41. The van der Waals surface area contributed by atoms with Crippen LogP contribution >= 0.6 is 11.8 Å². The van der Waals surface area contributed by atoms with Crippen LogP contribution in [0.1, 0.15) is 50.0 Å². The predicted molar refractivity (Wildman–Crippen MR) is 104 cm³/mol. The van der Waals surface area contributed by atoms with E-state index in [1.165, 1.54) is 6.42 Å². The molecule has 0 aromatic heterocycles. The highest BCUT2D eigenvalue weighted by Crippen LogP contribution is 2.36. The molecule has 1 aromatic rings. The SMILES string of the molecule is CSCN[C@H]1CCCN[C@H]1COC1CCC(c2cc(F)cc(F)c2F)CC1. The van der Waals surface area contributed by atoms with Gasteiger partial charge >= 0.3 is 0 Å². The van der Waals surface area contributed by atoms with Crippen LogP contribution in [0.4, 0.5) is 13.2 Å². The van der Waals surface area contributed by atoms with Crippen molar-refractivity contribution < 1.29 is 17.9 Å². The number of halogens is 3. The van der Waals surface area contributed by atoms with Gasteiger partial charge in [0.05, 0.1) is 12.7 Å². The molecule has 7 heteroatoms. The van der Waals surface area contributed by atoms with E-state index in [2.05, 4.69) is 16.9 Å². The summed E-state index contributed by atoms with van der Waals surface area (Å²) in [4.78, 5) is 0. The van der Waals surface area contributed by atoms with Crippen LogP contribution in [0.3, 0.4) is 0 Å². The summed E-state index contributed by atoms with van der Waals surface area (Å²) >= 11 is 1.78. The zero-order chi connectivity index (χ0) is 19.2. The number of piperidine rings is 1. The second-order valence-electron chi connectivity index (χ2n) is 7.54. The molecule has 0 amide bonds. The van der Waals surface area contributed by atoms with Gasteiger partial charge in [-0.1, -0.05) is 0 Å². The highest BCUT2D eigenvalue weighted by molar-refractivity contribution is 7.98. The van der Waals surface area contributed by atoms with E-state index in [-0.39, 0.29) is 17.6 Å². The van der Waals surface area contributed by atoms with Gasteiger partial charge in [0.15, 0.2) is 11.6 Å². The third-order valence-corrected chi connectivity index (χ3v) is 6.18. The van der Waals surface area contributed by atoms with Crippen molar-refractivity contribution in [1.82, 2.24) is 10.6 Å². The maximum Gasteiger partial charge on any atom is 0.162 e. The third-order valence-electron chi connectivity index (χ3n) is 5.72. The van der Waals surface area contributed by atoms with Crippen molar-refractivity contribution in [3.63, 3.8) is 0 Å². The smallest absolute Gasteiger partial charge is 0.162 e. The highest BCUT2D eigenvalue weighted by atomic mass is 32.2. The molecular formula is C20H29F3N2OS. The monoisotopic (exact) mass is 402 g/mol. The summed E-state index contributed by atoms with van der Waals surface area (Å²) in [7, 11) is 0. The highest BCUT2D eigenvalue weighted by Gasteiger charge is 2.29. The molecule has 2 aliphatic rings. The Kier molecular flexibility index (Phi) is 7.87. The molecule has 0 radical (unpaired) electrons. The van der Waals surface area contributed by atoms with Gasteiger partial charge in [-0.2, -0.15) is 0 Å². The molecule has 2 atom stereocenters. The van der Waals surface area contributed by atoms with Crippen molar-refractivity contribution in [3.05, 3.63) is 35.1 Å². The van der Waals surface area contributed by atoms with Crippen molar-refractivity contribution in [3.8, 4) is 0 Å². The lowest BCUT2D eigenvalue weighted by molar-refractivity contribution is 0.00396. The molecule has 1 saturated carbocycles. The van der Waals surface area contributed by atoms with E-state index >= 15 is 0 Å². The van der Waals surface area contributed by atoms with E-state index < -0.39 is 17.5 Å². The number of hydrogen-bond donors (Lipinski definition) is 2. The van der Waals surface area contributed by atoms with E-state index in [1.54, 1.807) is 11.8 Å². The van der Waals surface area contributed by atoms with Crippen molar-refractivity contribution >= 4 is 11.8 Å². The third kappa shape index (κ3) is 5.62. The first kappa shape index (κ1) is 21.0. The Balaban J connectivity index is 1.48. The lowest BCUT2D eigenvalue weighted by Gasteiger charge is -2.35. The standard InChI is InChI=1S/C20H29F3N2OS/c1-27-12-25-18-3-2-8-24-19(18)11-26-15-6-4-13(5-7-15)16-9-14(21)10-17(22)20(16)23/h9-10,13,15,18-19,24-25H,2-8,11-12H2,1H3/t13?,15?,18-,19-/m0/s1. The number of ether oxygens (including phenoxy) is 1. The van der Waals surface area contributed by atoms with Gasteiger partial charge < -0.3 is 15.4 Å². The van der Waals surface area contributed by atoms with Gasteiger partial charge in [-0.05, 0) is 68.9 Å². The van der Waals surface area contributed by atoms with Gasteiger partial charge in [0.2, 0.25) is 0 Å². The van der Waals surface area contributed by atoms with E-state index in [0.717, 1.165) is 37.8 Å². The molecule has 1 aliphatic heterocycles. The van der Waals surface area contributed by atoms with Crippen LogP contribution < -0.4 is 10.6 Å². The van der Waals surface area contributed by atoms with Crippen LogP contribution in [0.2, 0.25) is 0 Å². The molecule has 2 N–H and O–H groups in total. The van der Waals surface area contributed by atoms with Crippen LogP contribution in [-0.2, 0) is 4.74 Å². The van der Waals surface area contributed by atoms with Gasteiger partial charge in [-0.3, -0.25) is 0 Å². The Labute approximate surface area is 163 Å². The fraction of sp³-hybridized carbons (Fsp3) is 0.700. The Morgan fingerprint density at radius 1 is 1.15 bits per heavy atom. The fourth-order valence-corrected chi connectivity index (χ4v) is 4.60. The van der Waals surface area contributed by atoms with Crippen LogP contribution in [0.25, 0.3) is 0 Å². The van der Waals surface area contributed by atoms with Crippen molar-refractivity contribution in [1.29, 1.82) is 0 Å². The van der Waals surface area contributed by atoms with Crippen LogP contribution in [0.5, 0.6) is 0 Å². The van der Waals surface area contributed by atoms with E-state index in [9.17, 15) is 13.2 Å². The summed E-state index contributed by atoms with van der Waals surface area (Å²) in [5, 5.41) is 7.10. The summed E-state index contributed by atoms with van der Waals surface area (Å²) in [5.41, 5.74) is 0.168. The molecule has 3 rings (SSSR count). The largest absolute Gasteiger partial charge is 0.377 e.